The fourth-order valence-electron chi connectivity index (χ4n) is 2.54. The molecule has 1 heterocycles. The molecule has 0 bridgehead atoms. The first-order valence-corrected chi connectivity index (χ1v) is 7.54. The van der Waals surface area contributed by atoms with Gasteiger partial charge in [0.15, 0.2) is 5.69 Å². The Hall–Kier alpha value is -2.67. The summed E-state index contributed by atoms with van der Waals surface area (Å²) in [7, 11) is 0. The standard InChI is InChI=1S/C17H11ClF3N3O/c18-10-7-5-9(6-8-10)13(16(22)25)14-15(17(19,20)21)24-12-4-2-1-3-11(12)23-14/h1-8,13H,(H2,22,25)/t13-/m0/s1. The van der Waals surface area contributed by atoms with Crippen LogP contribution < -0.4 is 5.73 Å². The Kier molecular flexibility index (Phi) is 4.34. The Bertz CT molecular complexity index is 942. The van der Waals surface area contributed by atoms with Crippen molar-refractivity contribution < 1.29 is 18.0 Å². The van der Waals surface area contributed by atoms with Crippen LogP contribution in [0.2, 0.25) is 5.02 Å². The second-order valence-corrected chi connectivity index (χ2v) is 5.77. The van der Waals surface area contributed by atoms with E-state index in [1.165, 1.54) is 36.4 Å². The summed E-state index contributed by atoms with van der Waals surface area (Å²) < 4.78 is 40.5. The third-order valence-corrected chi connectivity index (χ3v) is 3.88. The summed E-state index contributed by atoms with van der Waals surface area (Å²) >= 11 is 5.80. The second kappa shape index (κ2) is 6.33. The number of aromatic nitrogens is 2. The van der Waals surface area contributed by atoms with Crippen LogP contribution in [-0.2, 0) is 11.0 Å². The molecule has 1 atom stereocenters. The van der Waals surface area contributed by atoms with Crippen LogP contribution in [0.25, 0.3) is 11.0 Å². The molecule has 0 aliphatic carbocycles. The van der Waals surface area contributed by atoms with E-state index in [1.54, 1.807) is 12.1 Å². The van der Waals surface area contributed by atoms with Gasteiger partial charge in [-0.05, 0) is 29.8 Å². The molecule has 0 saturated heterocycles. The predicted molar refractivity (Wildman–Crippen MR) is 87.0 cm³/mol. The summed E-state index contributed by atoms with van der Waals surface area (Å²) in [5.41, 5.74) is 4.21. The SMILES string of the molecule is NC(=O)[C@@H](c1ccc(Cl)cc1)c1nc2ccccc2nc1C(F)(F)F. The Morgan fingerprint density at radius 1 is 1.00 bits per heavy atom. The number of rotatable bonds is 3. The van der Waals surface area contributed by atoms with E-state index in [-0.39, 0.29) is 16.6 Å². The largest absolute Gasteiger partial charge is 0.435 e. The van der Waals surface area contributed by atoms with E-state index in [2.05, 4.69) is 9.97 Å². The van der Waals surface area contributed by atoms with Crippen LogP contribution in [0.4, 0.5) is 13.2 Å². The van der Waals surface area contributed by atoms with E-state index in [1.807, 2.05) is 0 Å². The summed E-state index contributed by atoms with van der Waals surface area (Å²) in [6, 6.07) is 11.9. The monoisotopic (exact) mass is 365 g/mol. The lowest BCUT2D eigenvalue weighted by Gasteiger charge is -2.18. The maximum absolute atomic E-state index is 13.5. The average Bonchev–Trinajstić information content (AvgIpc) is 2.55. The molecule has 1 amide bonds. The van der Waals surface area contributed by atoms with Gasteiger partial charge in [-0.25, -0.2) is 9.97 Å². The maximum Gasteiger partial charge on any atom is 0.435 e. The van der Waals surface area contributed by atoms with Crippen molar-refractivity contribution in [3.63, 3.8) is 0 Å². The number of hydrogen-bond donors (Lipinski definition) is 1. The van der Waals surface area contributed by atoms with Crippen molar-refractivity contribution in [3.8, 4) is 0 Å². The van der Waals surface area contributed by atoms with Crippen LogP contribution in [0, 0.1) is 0 Å². The molecule has 0 aliphatic rings. The number of fused-ring (bicyclic) bond motifs is 1. The Morgan fingerprint density at radius 2 is 1.56 bits per heavy atom. The van der Waals surface area contributed by atoms with Gasteiger partial charge in [0.05, 0.1) is 16.7 Å². The summed E-state index contributed by atoms with van der Waals surface area (Å²) in [6.07, 6.45) is -4.79. The molecule has 0 radical (unpaired) electrons. The van der Waals surface area contributed by atoms with Crippen molar-refractivity contribution in [3.05, 3.63) is 70.5 Å². The van der Waals surface area contributed by atoms with E-state index in [0.29, 0.717) is 5.02 Å². The number of carbonyl (C=O) groups is 1. The molecule has 3 aromatic rings. The zero-order chi connectivity index (χ0) is 18.2. The smallest absolute Gasteiger partial charge is 0.369 e. The number of nitrogens with two attached hydrogens (primary N) is 1. The first-order chi connectivity index (χ1) is 11.8. The fourth-order valence-corrected chi connectivity index (χ4v) is 2.66. The number of hydrogen-bond acceptors (Lipinski definition) is 3. The van der Waals surface area contributed by atoms with Crippen molar-refractivity contribution in [2.45, 2.75) is 12.1 Å². The fraction of sp³-hybridized carbons (Fsp3) is 0.118. The molecular weight excluding hydrogens is 355 g/mol. The van der Waals surface area contributed by atoms with Crippen molar-refractivity contribution in [2.75, 3.05) is 0 Å². The van der Waals surface area contributed by atoms with Gasteiger partial charge in [0, 0.05) is 5.02 Å². The minimum atomic E-state index is -4.79. The summed E-state index contributed by atoms with van der Waals surface area (Å²) in [6.45, 7) is 0. The molecule has 0 fully saturated rings. The van der Waals surface area contributed by atoms with Gasteiger partial charge in [0.1, 0.15) is 5.92 Å². The minimum absolute atomic E-state index is 0.0814. The van der Waals surface area contributed by atoms with Crippen LogP contribution in [-0.4, -0.2) is 15.9 Å². The lowest BCUT2D eigenvalue weighted by Crippen LogP contribution is -2.27. The highest BCUT2D eigenvalue weighted by atomic mass is 35.5. The molecule has 0 spiro atoms. The van der Waals surface area contributed by atoms with Gasteiger partial charge in [0.25, 0.3) is 0 Å². The molecule has 3 rings (SSSR count). The van der Waals surface area contributed by atoms with Gasteiger partial charge >= 0.3 is 6.18 Å². The van der Waals surface area contributed by atoms with E-state index in [4.69, 9.17) is 17.3 Å². The van der Waals surface area contributed by atoms with Crippen LogP contribution in [0.1, 0.15) is 22.9 Å². The third-order valence-electron chi connectivity index (χ3n) is 3.63. The first-order valence-electron chi connectivity index (χ1n) is 7.16. The Labute approximate surface area is 145 Å². The number of primary amides is 1. The third kappa shape index (κ3) is 3.41. The van der Waals surface area contributed by atoms with Gasteiger partial charge in [0.2, 0.25) is 5.91 Å². The Balaban J connectivity index is 2.29. The summed E-state index contributed by atoms with van der Waals surface area (Å²) in [5, 5.41) is 0.382. The average molecular weight is 366 g/mol. The normalized spacial score (nSPS) is 13.0. The molecule has 0 saturated carbocycles. The summed E-state index contributed by atoms with van der Waals surface area (Å²) in [4.78, 5) is 19.7. The lowest BCUT2D eigenvalue weighted by molar-refractivity contribution is -0.142. The molecule has 2 aromatic carbocycles. The molecule has 8 heteroatoms. The van der Waals surface area contributed by atoms with Crippen molar-refractivity contribution >= 4 is 28.5 Å². The van der Waals surface area contributed by atoms with E-state index < -0.39 is 29.4 Å². The van der Waals surface area contributed by atoms with E-state index in [0.717, 1.165) is 0 Å². The van der Waals surface area contributed by atoms with Gasteiger partial charge in [-0.2, -0.15) is 13.2 Å². The number of halogens is 4. The molecule has 25 heavy (non-hydrogen) atoms. The van der Waals surface area contributed by atoms with E-state index in [9.17, 15) is 18.0 Å². The molecule has 1 aromatic heterocycles. The second-order valence-electron chi connectivity index (χ2n) is 5.33. The first kappa shape index (κ1) is 17.2. The minimum Gasteiger partial charge on any atom is -0.369 e. The highest BCUT2D eigenvalue weighted by molar-refractivity contribution is 6.30. The van der Waals surface area contributed by atoms with Crippen LogP contribution in [0.15, 0.2) is 48.5 Å². The number of para-hydroxylation sites is 2. The van der Waals surface area contributed by atoms with Gasteiger partial charge in [-0.1, -0.05) is 35.9 Å². The number of amides is 1. The highest BCUT2D eigenvalue weighted by Crippen LogP contribution is 2.36. The highest BCUT2D eigenvalue weighted by Gasteiger charge is 2.40. The van der Waals surface area contributed by atoms with E-state index >= 15 is 0 Å². The zero-order valence-electron chi connectivity index (χ0n) is 12.6. The molecule has 0 aliphatic heterocycles. The number of nitrogens with zero attached hydrogens (tertiary/aromatic N) is 2. The topological polar surface area (TPSA) is 68.9 Å². The van der Waals surface area contributed by atoms with Crippen molar-refractivity contribution in [2.24, 2.45) is 5.73 Å². The van der Waals surface area contributed by atoms with Crippen LogP contribution in [0.3, 0.4) is 0 Å². The number of alkyl halides is 3. The molecule has 128 valence electrons. The van der Waals surface area contributed by atoms with Gasteiger partial charge in [-0.15, -0.1) is 0 Å². The quantitative estimate of drug-likeness (QED) is 0.764. The maximum atomic E-state index is 13.5. The van der Waals surface area contributed by atoms with Gasteiger partial charge < -0.3 is 5.73 Å². The van der Waals surface area contributed by atoms with Crippen LogP contribution in [0.5, 0.6) is 0 Å². The Morgan fingerprint density at radius 3 is 2.08 bits per heavy atom. The summed E-state index contributed by atoms with van der Waals surface area (Å²) in [5.74, 6) is -2.36. The molecule has 4 nitrogen and oxygen atoms in total. The van der Waals surface area contributed by atoms with Crippen LogP contribution >= 0.6 is 11.6 Å². The zero-order valence-corrected chi connectivity index (χ0v) is 13.3. The van der Waals surface area contributed by atoms with Crippen molar-refractivity contribution in [1.29, 1.82) is 0 Å². The van der Waals surface area contributed by atoms with Crippen molar-refractivity contribution in [1.82, 2.24) is 9.97 Å². The molecule has 0 unspecified atom stereocenters. The number of benzene rings is 2. The molecular formula is C17H11ClF3N3O. The van der Waals surface area contributed by atoms with Gasteiger partial charge in [-0.3, -0.25) is 4.79 Å². The molecule has 2 N–H and O–H groups in total. The predicted octanol–water partition coefficient (Wildman–Crippen LogP) is 3.92. The lowest BCUT2D eigenvalue weighted by atomic mass is 9.93. The number of carbonyl (C=O) groups excluding carboxylic acids is 1.